The van der Waals surface area contributed by atoms with E-state index < -0.39 is 0 Å². The fourth-order valence-electron chi connectivity index (χ4n) is 1.11. The van der Waals surface area contributed by atoms with E-state index in [1.165, 1.54) is 0 Å². The summed E-state index contributed by atoms with van der Waals surface area (Å²) in [7, 11) is 0. The molecule has 2 N–H and O–H groups in total. The predicted octanol–water partition coefficient (Wildman–Crippen LogP) is 2.49. The lowest BCUT2D eigenvalue weighted by atomic mass is 10.2. The number of nitrogens with zero attached hydrogens (tertiary/aromatic N) is 2. The molecule has 2 rings (SSSR count). The number of rotatable bonds is 1. The Morgan fingerprint density at radius 3 is 2.57 bits per heavy atom. The van der Waals surface area contributed by atoms with E-state index in [0.29, 0.717) is 5.69 Å². The van der Waals surface area contributed by atoms with Gasteiger partial charge in [-0.05, 0) is 40.2 Å². The van der Waals surface area contributed by atoms with Crippen LogP contribution in [0.4, 0.5) is 5.69 Å². The van der Waals surface area contributed by atoms with Crippen molar-refractivity contribution in [2.75, 3.05) is 5.73 Å². The highest BCUT2D eigenvalue weighted by atomic mass is 79.9. The smallest absolute Gasteiger partial charge is 0.106 e. The van der Waals surface area contributed by atoms with Crippen molar-refractivity contribution >= 4 is 21.6 Å². The molecular weight excluding hydrogens is 242 g/mol. The molecule has 0 radical (unpaired) electrons. The van der Waals surface area contributed by atoms with Gasteiger partial charge in [-0.3, -0.25) is 4.98 Å². The van der Waals surface area contributed by atoms with E-state index in [-0.39, 0.29) is 0 Å². The van der Waals surface area contributed by atoms with Crippen LogP contribution >= 0.6 is 15.9 Å². The minimum atomic E-state index is 0.656. The van der Waals surface area contributed by atoms with Crippen LogP contribution < -0.4 is 5.73 Å². The molecular formula is C10H8BrN3. The van der Waals surface area contributed by atoms with Crippen LogP contribution in [0, 0.1) is 0 Å². The van der Waals surface area contributed by atoms with Gasteiger partial charge in [0.2, 0.25) is 0 Å². The molecule has 2 aromatic rings. The minimum absolute atomic E-state index is 0.656. The molecule has 0 aromatic carbocycles. The Kier molecular flexibility index (Phi) is 2.45. The monoisotopic (exact) mass is 249 g/mol. The largest absolute Gasteiger partial charge is 0.397 e. The summed E-state index contributed by atoms with van der Waals surface area (Å²) in [5.41, 5.74) is 7.85. The van der Waals surface area contributed by atoms with Crippen LogP contribution in [0.15, 0.2) is 41.1 Å². The maximum atomic E-state index is 5.54. The number of hydrogen-bond donors (Lipinski definition) is 1. The molecule has 0 saturated carbocycles. The molecule has 0 spiro atoms. The number of halogens is 1. The van der Waals surface area contributed by atoms with Crippen LogP contribution in [0.1, 0.15) is 0 Å². The van der Waals surface area contributed by atoms with Gasteiger partial charge < -0.3 is 5.73 Å². The first-order valence-electron chi connectivity index (χ1n) is 4.10. The summed E-state index contributed by atoms with van der Waals surface area (Å²) in [5, 5.41) is 0. The quantitative estimate of drug-likeness (QED) is 0.791. The first-order chi connectivity index (χ1) is 6.75. The van der Waals surface area contributed by atoms with Gasteiger partial charge in [0.05, 0.1) is 23.3 Å². The summed E-state index contributed by atoms with van der Waals surface area (Å²) in [4.78, 5) is 8.47. The zero-order chi connectivity index (χ0) is 9.97. The van der Waals surface area contributed by atoms with Gasteiger partial charge in [-0.1, -0.05) is 6.07 Å². The Bertz CT molecular complexity index is 439. The Hall–Kier alpha value is -1.42. The maximum Gasteiger partial charge on any atom is 0.106 e. The van der Waals surface area contributed by atoms with E-state index in [2.05, 4.69) is 25.9 Å². The predicted molar refractivity (Wildman–Crippen MR) is 59.6 cm³/mol. The summed E-state index contributed by atoms with van der Waals surface area (Å²) < 4.78 is 0.800. The number of hydrogen-bond acceptors (Lipinski definition) is 3. The molecule has 3 nitrogen and oxygen atoms in total. The van der Waals surface area contributed by atoms with Crippen molar-refractivity contribution in [3.05, 3.63) is 41.1 Å². The number of anilines is 1. The van der Waals surface area contributed by atoms with E-state index >= 15 is 0 Å². The molecule has 2 aromatic heterocycles. The lowest BCUT2D eigenvalue weighted by molar-refractivity contribution is 1.22. The third-order valence-electron chi connectivity index (χ3n) is 1.76. The number of pyridine rings is 2. The fourth-order valence-corrected chi connectivity index (χ4v) is 1.45. The average Bonchev–Trinajstić information content (AvgIpc) is 2.19. The highest BCUT2D eigenvalue weighted by Gasteiger charge is 2.00. The lowest BCUT2D eigenvalue weighted by Gasteiger charge is -2.00. The van der Waals surface area contributed by atoms with Crippen LogP contribution in [0.2, 0.25) is 0 Å². The molecule has 0 aliphatic carbocycles. The van der Waals surface area contributed by atoms with E-state index in [1.807, 2.05) is 30.3 Å². The second kappa shape index (κ2) is 3.75. The maximum absolute atomic E-state index is 5.54. The highest BCUT2D eigenvalue weighted by Crippen LogP contribution is 2.17. The number of nitrogens with two attached hydrogens (primary N) is 1. The minimum Gasteiger partial charge on any atom is -0.397 e. The van der Waals surface area contributed by atoms with Gasteiger partial charge >= 0.3 is 0 Å². The fraction of sp³-hybridized carbons (Fsp3) is 0. The summed E-state index contributed by atoms with van der Waals surface area (Å²) >= 11 is 3.31. The molecule has 0 amide bonds. The van der Waals surface area contributed by atoms with Gasteiger partial charge in [0.1, 0.15) is 4.60 Å². The normalized spacial score (nSPS) is 10.1. The molecule has 0 aliphatic rings. The van der Waals surface area contributed by atoms with Gasteiger partial charge in [-0.15, -0.1) is 0 Å². The summed E-state index contributed by atoms with van der Waals surface area (Å²) in [6, 6.07) is 9.36. The van der Waals surface area contributed by atoms with E-state index in [0.717, 1.165) is 16.0 Å². The van der Waals surface area contributed by atoms with Gasteiger partial charge in [-0.2, -0.15) is 0 Å². The van der Waals surface area contributed by atoms with E-state index in [9.17, 15) is 0 Å². The van der Waals surface area contributed by atoms with Crippen LogP contribution in [-0.2, 0) is 0 Å². The van der Waals surface area contributed by atoms with Crippen molar-refractivity contribution in [1.82, 2.24) is 9.97 Å². The summed E-state index contributed by atoms with van der Waals surface area (Å²) in [6.45, 7) is 0. The first-order valence-corrected chi connectivity index (χ1v) is 4.89. The van der Waals surface area contributed by atoms with Gasteiger partial charge in [0, 0.05) is 0 Å². The van der Waals surface area contributed by atoms with Crippen molar-refractivity contribution < 1.29 is 0 Å². The van der Waals surface area contributed by atoms with Crippen molar-refractivity contribution in [1.29, 1.82) is 0 Å². The third-order valence-corrected chi connectivity index (χ3v) is 2.21. The molecule has 2 heterocycles. The third kappa shape index (κ3) is 1.90. The zero-order valence-corrected chi connectivity index (χ0v) is 8.90. The molecule has 0 bridgehead atoms. The molecule has 0 fully saturated rings. The molecule has 14 heavy (non-hydrogen) atoms. The van der Waals surface area contributed by atoms with Crippen molar-refractivity contribution in [3.8, 4) is 11.4 Å². The molecule has 0 aliphatic heterocycles. The van der Waals surface area contributed by atoms with Crippen LogP contribution in [0.3, 0.4) is 0 Å². The number of aromatic nitrogens is 2. The molecule has 4 heteroatoms. The summed E-state index contributed by atoms with van der Waals surface area (Å²) in [5.74, 6) is 0. The SMILES string of the molecule is Nc1ccc(-c2cccc(Br)n2)nc1. The van der Waals surface area contributed by atoms with Crippen LogP contribution in [0.25, 0.3) is 11.4 Å². The van der Waals surface area contributed by atoms with Crippen molar-refractivity contribution in [3.63, 3.8) is 0 Å². The molecule has 0 unspecified atom stereocenters. The van der Waals surface area contributed by atoms with Gasteiger partial charge in [0.15, 0.2) is 0 Å². The first kappa shape index (κ1) is 9.15. The molecule has 70 valence electrons. The van der Waals surface area contributed by atoms with Crippen LogP contribution in [-0.4, -0.2) is 9.97 Å². The average molecular weight is 250 g/mol. The van der Waals surface area contributed by atoms with Crippen molar-refractivity contribution in [2.45, 2.75) is 0 Å². The Morgan fingerprint density at radius 2 is 1.93 bits per heavy atom. The van der Waals surface area contributed by atoms with Crippen molar-refractivity contribution in [2.24, 2.45) is 0 Å². The Morgan fingerprint density at radius 1 is 1.07 bits per heavy atom. The lowest BCUT2D eigenvalue weighted by Crippen LogP contribution is -1.90. The highest BCUT2D eigenvalue weighted by molar-refractivity contribution is 9.10. The van der Waals surface area contributed by atoms with E-state index in [1.54, 1.807) is 6.20 Å². The zero-order valence-electron chi connectivity index (χ0n) is 7.31. The van der Waals surface area contributed by atoms with Crippen LogP contribution in [0.5, 0.6) is 0 Å². The summed E-state index contributed by atoms with van der Waals surface area (Å²) in [6.07, 6.45) is 1.62. The Balaban J connectivity index is 2.44. The second-order valence-electron chi connectivity index (χ2n) is 2.82. The topological polar surface area (TPSA) is 51.8 Å². The second-order valence-corrected chi connectivity index (χ2v) is 3.63. The van der Waals surface area contributed by atoms with E-state index in [4.69, 9.17) is 5.73 Å². The number of nitrogen functional groups attached to an aromatic ring is 1. The molecule has 0 atom stereocenters. The standard InChI is InChI=1S/C10H8BrN3/c11-10-3-1-2-9(14-10)8-5-4-7(12)6-13-8/h1-6H,12H2. The van der Waals surface area contributed by atoms with Gasteiger partial charge in [-0.25, -0.2) is 4.98 Å². The Labute approximate surface area is 90.1 Å². The molecule has 0 saturated heterocycles. The van der Waals surface area contributed by atoms with Gasteiger partial charge in [0.25, 0.3) is 0 Å².